The molecule has 5 unspecified atom stereocenters. The quantitative estimate of drug-likeness (QED) is 0.344. The molecule has 0 spiro atoms. The Hall–Kier alpha value is -5.11. The van der Waals surface area contributed by atoms with Crippen molar-refractivity contribution in [3.63, 3.8) is 0 Å². The number of benzene rings is 2. The van der Waals surface area contributed by atoms with Crippen LogP contribution in [-0.4, -0.2) is 120 Å². The summed E-state index contributed by atoms with van der Waals surface area (Å²) in [5, 5.41) is 0. The Morgan fingerprint density at radius 2 is 1.20 bits per heavy atom. The molecule has 2 aromatic rings. The number of ether oxygens (including phenoxy) is 3. The molecule has 14 heteroatoms. The second-order valence-electron chi connectivity index (χ2n) is 11.8. The van der Waals surface area contributed by atoms with Crippen LogP contribution in [0.3, 0.4) is 0 Å². The van der Waals surface area contributed by atoms with E-state index in [0.717, 1.165) is 4.90 Å². The van der Waals surface area contributed by atoms with Crippen molar-refractivity contribution in [1.82, 2.24) is 19.6 Å². The predicted octanol–water partition coefficient (Wildman–Crippen LogP) is 0.609. The molecule has 5 atom stereocenters. The van der Waals surface area contributed by atoms with Gasteiger partial charge in [-0.15, -0.1) is 0 Å². The van der Waals surface area contributed by atoms with Gasteiger partial charge >= 0.3 is 11.9 Å². The van der Waals surface area contributed by atoms with Crippen molar-refractivity contribution < 1.29 is 47.8 Å². The highest BCUT2D eigenvalue weighted by Crippen LogP contribution is 2.36. The predicted molar refractivity (Wildman–Crippen MR) is 150 cm³/mol. The minimum absolute atomic E-state index is 0.0177. The van der Waals surface area contributed by atoms with E-state index in [2.05, 4.69) is 0 Å². The normalized spacial score (nSPS) is 26.7. The van der Waals surface area contributed by atoms with E-state index in [1.54, 1.807) is 19.2 Å². The Morgan fingerprint density at radius 3 is 1.76 bits per heavy atom. The van der Waals surface area contributed by atoms with Gasteiger partial charge in [-0.2, -0.15) is 0 Å². The van der Waals surface area contributed by atoms with Crippen molar-refractivity contribution in [2.45, 2.75) is 43.4 Å². The summed E-state index contributed by atoms with van der Waals surface area (Å²) in [6.07, 6.45) is -1.88. The lowest BCUT2D eigenvalue weighted by Gasteiger charge is -2.38. The van der Waals surface area contributed by atoms with Crippen LogP contribution in [-0.2, 0) is 23.8 Å². The zero-order valence-electron chi connectivity index (χ0n) is 24.6. The van der Waals surface area contributed by atoms with E-state index in [1.165, 1.54) is 53.1 Å². The first-order valence-corrected chi connectivity index (χ1v) is 14.4. The number of methoxy groups -OCH3 is 1. The lowest BCUT2D eigenvalue weighted by Crippen LogP contribution is -2.60. The van der Waals surface area contributed by atoms with E-state index in [9.17, 15) is 33.6 Å². The molecule has 14 nitrogen and oxygen atoms in total. The molecule has 0 bridgehead atoms. The molecule has 2 aromatic carbocycles. The minimum atomic E-state index is -0.828. The molecule has 232 valence electrons. The van der Waals surface area contributed by atoms with Crippen molar-refractivity contribution in [3.8, 4) is 0 Å². The van der Waals surface area contributed by atoms with E-state index in [0.29, 0.717) is 11.1 Å². The van der Waals surface area contributed by atoms with Gasteiger partial charge in [-0.1, -0.05) is 0 Å². The average Bonchev–Trinajstić information content (AvgIpc) is 3.77. The summed E-state index contributed by atoms with van der Waals surface area (Å²) in [6, 6.07) is 7.08. The molecule has 0 saturated carbocycles. The second kappa shape index (κ2) is 10.2. The fourth-order valence-electron chi connectivity index (χ4n) is 6.91. The van der Waals surface area contributed by atoms with Crippen molar-refractivity contribution >= 4 is 41.5 Å². The van der Waals surface area contributed by atoms with Gasteiger partial charge in [0.1, 0.15) is 24.3 Å². The number of hydrogen-bond donors (Lipinski definition) is 0. The molecule has 5 aliphatic heterocycles. The first-order chi connectivity index (χ1) is 21.5. The van der Waals surface area contributed by atoms with Crippen LogP contribution < -0.4 is 0 Å². The van der Waals surface area contributed by atoms with Gasteiger partial charge in [0.25, 0.3) is 17.7 Å². The maximum atomic E-state index is 13.4. The van der Waals surface area contributed by atoms with Crippen molar-refractivity contribution in [1.29, 1.82) is 0 Å². The van der Waals surface area contributed by atoms with Gasteiger partial charge < -0.3 is 28.9 Å². The fourth-order valence-corrected chi connectivity index (χ4v) is 6.91. The molecule has 0 radical (unpaired) electrons. The summed E-state index contributed by atoms with van der Waals surface area (Å²) in [5.74, 6) is -3.19. The van der Waals surface area contributed by atoms with Gasteiger partial charge in [-0.3, -0.25) is 28.9 Å². The number of imide groups is 1. The second-order valence-corrected chi connectivity index (χ2v) is 11.8. The molecule has 3 fully saturated rings. The van der Waals surface area contributed by atoms with Crippen LogP contribution in [0.2, 0.25) is 0 Å². The highest BCUT2D eigenvalue weighted by Gasteiger charge is 2.55. The smallest absolute Gasteiger partial charge is 0.338 e. The van der Waals surface area contributed by atoms with Gasteiger partial charge in [-0.25, -0.2) is 9.59 Å². The third-order valence-electron chi connectivity index (χ3n) is 9.21. The summed E-state index contributed by atoms with van der Waals surface area (Å²) in [7, 11) is 4.43. The fraction of sp³-hybridized carbons (Fsp3) is 0.387. The number of amides is 5. The maximum absolute atomic E-state index is 13.4. The summed E-state index contributed by atoms with van der Waals surface area (Å²) < 4.78 is 16.7. The molecule has 0 aromatic heterocycles. The first-order valence-electron chi connectivity index (χ1n) is 14.4. The topological polar surface area (TPSA) is 160 Å². The monoisotopic (exact) mass is 616 g/mol. The Bertz CT molecular complexity index is 1710. The molecule has 0 N–H and O–H groups in total. The molecule has 3 saturated heterocycles. The number of esters is 2. The number of hydrogen-bond acceptors (Lipinski definition) is 10. The van der Waals surface area contributed by atoms with E-state index in [4.69, 9.17) is 14.2 Å². The van der Waals surface area contributed by atoms with Crippen LogP contribution in [0.1, 0.15) is 76.4 Å². The highest BCUT2D eigenvalue weighted by molar-refractivity contribution is 6.21. The SMILES string of the molecule is COC1c2cc(C(=O)OC3CC4C(=O)N5CC(OC(=O)c6ccc7c(c6)C(=O)N(C)C7=O)CC5C(=O)N4C3)ccc2C(=O)N1C. The number of fused-ring (bicyclic) bond motifs is 4. The van der Waals surface area contributed by atoms with Crippen LogP contribution in [0.4, 0.5) is 0 Å². The summed E-state index contributed by atoms with van der Waals surface area (Å²) in [4.78, 5) is 95.0. The van der Waals surface area contributed by atoms with Gasteiger partial charge in [0, 0.05) is 45.2 Å². The van der Waals surface area contributed by atoms with Crippen molar-refractivity contribution in [2.75, 3.05) is 34.3 Å². The number of carbonyl (C=O) groups is 7. The van der Waals surface area contributed by atoms with Crippen LogP contribution in [0, 0.1) is 0 Å². The molecule has 5 heterocycles. The van der Waals surface area contributed by atoms with Crippen LogP contribution >= 0.6 is 0 Å². The third kappa shape index (κ3) is 4.30. The minimum Gasteiger partial charge on any atom is -0.457 e. The molecule has 5 aliphatic rings. The lowest BCUT2D eigenvalue weighted by molar-refractivity contribution is -0.157. The zero-order chi connectivity index (χ0) is 31.9. The molecule has 5 amide bonds. The van der Waals surface area contributed by atoms with E-state index >= 15 is 0 Å². The maximum Gasteiger partial charge on any atom is 0.338 e. The Morgan fingerprint density at radius 1 is 0.689 bits per heavy atom. The molecular weight excluding hydrogens is 588 g/mol. The number of piperazine rings is 1. The summed E-state index contributed by atoms with van der Waals surface area (Å²) in [6.45, 7) is 0.0583. The number of rotatable bonds is 5. The Balaban J connectivity index is 0.992. The first kappa shape index (κ1) is 28.6. The Labute approximate surface area is 256 Å². The molecule has 7 rings (SSSR count). The van der Waals surface area contributed by atoms with Crippen molar-refractivity contribution in [3.05, 3.63) is 69.8 Å². The van der Waals surface area contributed by atoms with Gasteiger partial charge in [0.05, 0.1) is 35.3 Å². The highest BCUT2D eigenvalue weighted by atomic mass is 16.6. The van der Waals surface area contributed by atoms with Gasteiger partial charge in [0.2, 0.25) is 11.8 Å². The van der Waals surface area contributed by atoms with Crippen LogP contribution in [0.25, 0.3) is 0 Å². The van der Waals surface area contributed by atoms with Crippen LogP contribution in [0.5, 0.6) is 0 Å². The van der Waals surface area contributed by atoms with E-state index in [-0.39, 0.29) is 65.9 Å². The third-order valence-corrected chi connectivity index (χ3v) is 9.21. The Kier molecular flexibility index (Phi) is 6.51. The van der Waals surface area contributed by atoms with Crippen LogP contribution in [0.15, 0.2) is 36.4 Å². The largest absolute Gasteiger partial charge is 0.457 e. The van der Waals surface area contributed by atoms with E-state index in [1.807, 2.05) is 0 Å². The lowest BCUT2D eigenvalue weighted by atomic mass is 10.0. The molecule has 0 aliphatic carbocycles. The standard InChI is InChI=1S/C31H28N4O10/c1-32-24(36)18-6-4-14(8-20(18)26(32)38)30(41)44-16-10-22-27(39)35-13-17(11-23(35)28(40)34(22)12-16)45-31(42)15-5-7-19-21(9-15)29(43-3)33(2)25(19)37/h4-9,16-17,22-23,29H,10-13H2,1-3H3. The molecular formula is C31H28N4O10. The van der Waals surface area contributed by atoms with Gasteiger partial charge in [0.15, 0.2) is 6.23 Å². The summed E-state index contributed by atoms with van der Waals surface area (Å²) in [5.41, 5.74) is 1.60. The number of nitrogens with zero attached hydrogens (tertiary/aromatic N) is 4. The van der Waals surface area contributed by atoms with Crippen molar-refractivity contribution in [2.24, 2.45) is 0 Å². The molecule has 45 heavy (non-hydrogen) atoms. The number of carbonyl (C=O) groups excluding carboxylic acids is 7. The van der Waals surface area contributed by atoms with E-state index < -0.39 is 54.3 Å². The average molecular weight is 617 g/mol. The summed E-state index contributed by atoms with van der Waals surface area (Å²) >= 11 is 0. The zero-order valence-corrected chi connectivity index (χ0v) is 24.6. The van der Waals surface area contributed by atoms with Gasteiger partial charge in [-0.05, 0) is 36.4 Å².